The Kier molecular flexibility index (Phi) is 4.73. The summed E-state index contributed by atoms with van der Waals surface area (Å²) in [4.78, 5) is 15.8. The lowest BCUT2D eigenvalue weighted by atomic mass is 10.2. The lowest BCUT2D eigenvalue weighted by Gasteiger charge is -2.15. The smallest absolute Gasteiger partial charge is 0.319 e. The molecule has 1 heterocycles. The molecule has 0 spiro atoms. The average Bonchev–Trinajstić information content (AvgIpc) is 2.92. The molecule has 1 aromatic heterocycles. The largest absolute Gasteiger partial charge is 0.335 e. The molecular formula is C14H19N5O. The van der Waals surface area contributed by atoms with Crippen molar-refractivity contribution in [2.75, 3.05) is 5.32 Å². The van der Waals surface area contributed by atoms with Gasteiger partial charge in [-0.1, -0.05) is 12.1 Å². The molecule has 1 aromatic carbocycles. The number of imidazole rings is 1. The summed E-state index contributed by atoms with van der Waals surface area (Å²) in [5.41, 5.74) is 7.30. The van der Waals surface area contributed by atoms with E-state index in [4.69, 9.17) is 5.73 Å². The lowest BCUT2D eigenvalue weighted by molar-refractivity contribution is 0.248. The Hall–Kier alpha value is -2.34. The van der Waals surface area contributed by atoms with E-state index in [1.807, 2.05) is 42.0 Å². The summed E-state index contributed by atoms with van der Waals surface area (Å²) in [5.74, 6) is 0. The second-order valence-corrected chi connectivity index (χ2v) is 4.66. The minimum absolute atomic E-state index is 0.00696. The summed E-state index contributed by atoms with van der Waals surface area (Å²) in [5, 5.41) is 5.66. The van der Waals surface area contributed by atoms with Gasteiger partial charge in [0.25, 0.3) is 0 Å². The number of nitrogens with zero attached hydrogens (tertiary/aromatic N) is 2. The van der Waals surface area contributed by atoms with Gasteiger partial charge in [0.15, 0.2) is 0 Å². The van der Waals surface area contributed by atoms with E-state index < -0.39 is 0 Å². The van der Waals surface area contributed by atoms with E-state index >= 15 is 0 Å². The van der Waals surface area contributed by atoms with Gasteiger partial charge in [-0.25, -0.2) is 9.78 Å². The van der Waals surface area contributed by atoms with Crippen LogP contribution in [-0.4, -0.2) is 21.6 Å². The second kappa shape index (κ2) is 6.72. The molecule has 1 unspecified atom stereocenters. The van der Waals surface area contributed by atoms with E-state index in [2.05, 4.69) is 15.6 Å². The van der Waals surface area contributed by atoms with Crippen LogP contribution in [0.1, 0.15) is 12.5 Å². The number of benzene rings is 1. The number of nitrogens with one attached hydrogen (secondary N) is 2. The van der Waals surface area contributed by atoms with Crippen LogP contribution in [-0.2, 0) is 13.1 Å². The number of carbonyl (C=O) groups is 1. The number of hydrogen-bond donors (Lipinski definition) is 3. The fraction of sp³-hybridized carbons (Fsp3) is 0.286. The normalized spacial score (nSPS) is 11.9. The Morgan fingerprint density at radius 1 is 1.40 bits per heavy atom. The van der Waals surface area contributed by atoms with Gasteiger partial charge in [0.05, 0.1) is 6.33 Å². The molecule has 4 N–H and O–H groups in total. The Bertz CT molecular complexity index is 535. The van der Waals surface area contributed by atoms with Crippen LogP contribution in [0.15, 0.2) is 43.0 Å². The summed E-state index contributed by atoms with van der Waals surface area (Å²) in [6, 6.07) is 7.24. The maximum atomic E-state index is 11.8. The van der Waals surface area contributed by atoms with Crippen molar-refractivity contribution in [3.05, 3.63) is 48.5 Å². The van der Waals surface area contributed by atoms with Crippen molar-refractivity contribution in [3.8, 4) is 0 Å². The van der Waals surface area contributed by atoms with Crippen LogP contribution < -0.4 is 16.4 Å². The van der Waals surface area contributed by atoms with E-state index in [1.54, 1.807) is 12.5 Å². The Balaban J connectivity index is 1.82. The topological polar surface area (TPSA) is 85.0 Å². The molecule has 0 radical (unpaired) electrons. The minimum Gasteiger partial charge on any atom is -0.335 e. The summed E-state index contributed by atoms with van der Waals surface area (Å²) < 4.78 is 1.92. The fourth-order valence-electron chi connectivity index (χ4n) is 1.87. The fourth-order valence-corrected chi connectivity index (χ4v) is 1.87. The van der Waals surface area contributed by atoms with Crippen molar-refractivity contribution >= 4 is 11.7 Å². The van der Waals surface area contributed by atoms with Crippen LogP contribution in [0.4, 0.5) is 10.5 Å². The Morgan fingerprint density at radius 2 is 2.15 bits per heavy atom. The Labute approximate surface area is 118 Å². The maximum absolute atomic E-state index is 11.8. The van der Waals surface area contributed by atoms with Gasteiger partial charge < -0.3 is 20.9 Å². The highest BCUT2D eigenvalue weighted by Gasteiger charge is 2.07. The molecule has 20 heavy (non-hydrogen) atoms. The van der Waals surface area contributed by atoms with Crippen molar-refractivity contribution < 1.29 is 4.79 Å². The number of hydrogen-bond acceptors (Lipinski definition) is 3. The van der Waals surface area contributed by atoms with E-state index in [0.717, 1.165) is 11.3 Å². The van der Waals surface area contributed by atoms with Gasteiger partial charge in [0.2, 0.25) is 0 Å². The number of nitrogens with two attached hydrogens (primary N) is 1. The number of rotatable bonds is 5. The average molecular weight is 273 g/mol. The van der Waals surface area contributed by atoms with Crippen LogP contribution in [0.2, 0.25) is 0 Å². The van der Waals surface area contributed by atoms with Crippen LogP contribution in [0.25, 0.3) is 0 Å². The molecule has 0 aliphatic rings. The summed E-state index contributed by atoms with van der Waals surface area (Å²) in [7, 11) is 0. The second-order valence-electron chi connectivity index (χ2n) is 4.66. The van der Waals surface area contributed by atoms with Crippen molar-refractivity contribution in [3.63, 3.8) is 0 Å². The highest BCUT2D eigenvalue weighted by molar-refractivity contribution is 5.89. The predicted molar refractivity (Wildman–Crippen MR) is 78.2 cm³/mol. The zero-order chi connectivity index (χ0) is 14.4. The third-order valence-corrected chi connectivity index (χ3v) is 2.87. The number of amides is 2. The monoisotopic (exact) mass is 273 g/mol. The van der Waals surface area contributed by atoms with Crippen LogP contribution >= 0.6 is 0 Å². The highest BCUT2D eigenvalue weighted by Crippen LogP contribution is 2.08. The molecule has 2 amide bonds. The lowest BCUT2D eigenvalue weighted by Crippen LogP contribution is -2.38. The van der Waals surface area contributed by atoms with Gasteiger partial charge >= 0.3 is 6.03 Å². The van der Waals surface area contributed by atoms with Crippen molar-refractivity contribution in [2.24, 2.45) is 5.73 Å². The predicted octanol–water partition coefficient (Wildman–Crippen LogP) is 1.55. The van der Waals surface area contributed by atoms with Crippen molar-refractivity contribution in [1.82, 2.24) is 14.9 Å². The zero-order valence-electron chi connectivity index (χ0n) is 11.4. The number of urea groups is 1. The van der Waals surface area contributed by atoms with E-state index in [-0.39, 0.29) is 12.1 Å². The van der Waals surface area contributed by atoms with Gasteiger partial charge in [0, 0.05) is 37.2 Å². The van der Waals surface area contributed by atoms with Crippen LogP contribution in [0.3, 0.4) is 0 Å². The van der Waals surface area contributed by atoms with Gasteiger partial charge in [-0.2, -0.15) is 0 Å². The van der Waals surface area contributed by atoms with Gasteiger partial charge in [-0.3, -0.25) is 0 Å². The molecule has 106 valence electrons. The van der Waals surface area contributed by atoms with Crippen LogP contribution in [0, 0.1) is 0 Å². The summed E-state index contributed by atoms with van der Waals surface area (Å²) >= 11 is 0. The Morgan fingerprint density at radius 3 is 2.75 bits per heavy atom. The standard InChI is InChI=1S/C14H19N5O/c1-11(9-19-7-6-16-10-19)17-14(20)18-13-4-2-12(8-15)3-5-13/h2-7,10-11H,8-9,15H2,1H3,(H2,17,18,20). The first-order valence-corrected chi connectivity index (χ1v) is 6.49. The first kappa shape index (κ1) is 14.1. The SMILES string of the molecule is CC(Cn1ccnc1)NC(=O)Nc1ccc(CN)cc1. The molecular weight excluding hydrogens is 254 g/mol. The molecule has 0 fully saturated rings. The first-order valence-electron chi connectivity index (χ1n) is 6.49. The zero-order valence-corrected chi connectivity index (χ0v) is 11.4. The molecule has 0 aliphatic carbocycles. The third-order valence-electron chi connectivity index (χ3n) is 2.87. The molecule has 1 atom stereocenters. The van der Waals surface area contributed by atoms with E-state index in [0.29, 0.717) is 13.1 Å². The van der Waals surface area contributed by atoms with Crippen LogP contribution in [0.5, 0.6) is 0 Å². The van der Waals surface area contributed by atoms with Crippen molar-refractivity contribution in [2.45, 2.75) is 26.1 Å². The van der Waals surface area contributed by atoms with Gasteiger partial charge in [0.1, 0.15) is 0 Å². The minimum atomic E-state index is -0.224. The van der Waals surface area contributed by atoms with Crippen molar-refractivity contribution in [1.29, 1.82) is 0 Å². The van der Waals surface area contributed by atoms with E-state index in [1.165, 1.54) is 0 Å². The van der Waals surface area contributed by atoms with E-state index in [9.17, 15) is 4.79 Å². The molecule has 6 nitrogen and oxygen atoms in total. The number of aromatic nitrogens is 2. The molecule has 6 heteroatoms. The summed E-state index contributed by atoms with van der Waals surface area (Å²) in [6.45, 7) is 3.12. The maximum Gasteiger partial charge on any atom is 0.319 e. The molecule has 0 saturated heterocycles. The number of anilines is 1. The molecule has 0 saturated carbocycles. The third kappa shape index (κ3) is 4.10. The van der Waals surface area contributed by atoms with Gasteiger partial charge in [-0.05, 0) is 24.6 Å². The molecule has 2 rings (SSSR count). The quantitative estimate of drug-likeness (QED) is 0.772. The highest BCUT2D eigenvalue weighted by atomic mass is 16.2. The molecule has 0 aliphatic heterocycles. The van der Waals surface area contributed by atoms with Gasteiger partial charge in [-0.15, -0.1) is 0 Å². The summed E-state index contributed by atoms with van der Waals surface area (Å²) in [6.07, 6.45) is 5.30. The number of carbonyl (C=O) groups excluding carboxylic acids is 1. The molecule has 0 bridgehead atoms. The molecule has 2 aromatic rings. The first-order chi connectivity index (χ1) is 9.67.